The first-order valence-corrected chi connectivity index (χ1v) is 7.35. The zero-order chi connectivity index (χ0) is 14.5. The van der Waals surface area contributed by atoms with Crippen LogP contribution in [-0.4, -0.2) is 39.1 Å². The molecule has 21 heavy (non-hydrogen) atoms. The number of fused-ring (bicyclic) bond motifs is 1. The third-order valence-corrected chi connectivity index (χ3v) is 3.44. The van der Waals surface area contributed by atoms with Crippen LogP contribution in [0.15, 0.2) is 36.4 Å². The molecule has 0 aliphatic carbocycles. The molecule has 1 aliphatic rings. The van der Waals surface area contributed by atoms with Gasteiger partial charge >= 0.3 is 0 Å². The fraction of sp³-hybridized carbons (Fsp3) is 0.412. The molecule has 0 amide bonds. The first-order chi connectivity index (χ1) is 10.4. The number of hydrogen-bond donors (Lipinski definition) is 0. The molecule has 4 heteroatoms. The Morgan fingerprint density at radius 2 is 2.00 bits per heavy atom. The van der Waals surface area contributed by atoms with Crippen LogP contribution in [-0.2, 0) is 9.47 Å². The van der Waals surface area contributed by atoms with Crippen molar-refractivity contribution in [3.8, 4) is 11.5 Å². The van der Waals surface area contributed by atoms with Gasteiger partial charge in [-0.15, -0.1) is 0 Å². The van der Waals surface area contributed by atoms with Crippen LogP contribution in [0.1, 0.15) is 6.92 Å². The molecule has 1 aliphatic heterocycles. The van der Waals surface area contributed by atoms with Crippen molar-refractivity contribution in [2.24, 2.45) is 0 Å². The van der Waals surface area contributed by atoms with Gasteiger partial charge < -0.3 is 18.9 Å². The third kappa shape index (κ3) is 3.28. The second-order valence-electron chi connectivity index (χ2n) is 4.93. The molecule has 0 aromatic heterocycles. The molecule has 3 rings (SSSR count). The molecule has 1 unspecified atom stereocenters. The molecular formula is C17H20O4. The number of rotatable bonds is 5. The van der Waals surface area contributed by atoms with E-state index in [-0.39, 0.29) is 6.10 Å². The van der Waals surface area contributed by atoms with Crippen molar-refractivity contribution in [2.45, 2.75) is 13.0 Å². The lowest BCUT2D eigenvalue weighted by molar-refractivity contribution is -0.101. The Kier molecular flexibility index (Phi) is 4.58. The minimum atomic E-state index is -0.0211. The van der Waals surface area contributed by atoms with Crippen molar-refractivity contribution in [2.75, 3.05) is 33.0 Å². The lowest BCUT2D eigenvalue weighted by atomic mass is 10.1. The molecule has 1 heterocycles. The Morgan fingerprint density at radius 3 is 2.81 bits per heavy atom. The van der Waals surface area contributed by atoms with Gasteiger partial charge in [-0.1, -0.05) is 30.3 Å². The fourth-order valence-electron chi connectivity index (χ4n) is 2.45. The maximum atomic E-state index is 6.01. The molecule has 0 saturated carbocycles. The van der Waals surface area contributed by atoms with Crippen molar-refractivity contribution in [1.82, 2.24) is 0 Å². The van der Waals surface area contributed by atoms with Gasteiger partial charge in [-0.2, -0.15) is 0 Å². The van der Waals surface area contributed by atoms with Crippen molar-refractivity contribution in [3.63, 3.8) is 0 Å². The van der Waals surface area contributed by atoms with Gasteiger partial charge in [0.2, 0.25) is 0 Å². The molecule has 4 nitrogen and oxygen atoms in total. The summed E-state index contributed by atoms with van der Waals surface area (Å²) in [6.45, 7) is 4.91. The molecule has 0 spiro atoms. The molecule has 1 atom stereocenters. The van der Waals surface area contributed by atoms with Crippen LogP contribution in [0, 0.1) is 0 Å². The second-order valence-corrected chi connectivity index (χ2v) is 4.93. The number of benzene rings is 2. The zero-order valence-electron chi connectivity index (χ0n) is 12.2. The highest BCUT2D eigenvalue weighted by Crippen LogP contribution is 2.35. The lowest BCUT2D eigenvalue weighted by Gasteiger charge is -2.24. The van der Waals surface area contributed by atoms with E-state index in [4.69, 9.17) is 18.9 Å². The summed E-state index contributed by atoms with van der Waals surface area (Å²) in [4.78, 5) is 0. The van der Waals surface area contributed by atoms with E-state index in [1.165, 1.54) is 0 Å². The van der Waals surface area contributed by atoms with Crippen LogP contribution >= 0.6 is 0 Å². The van der Waals surface area contributed by atoms with Crippen LogP contribution in [0.5, 0.6) is 11.5 Å². The Labute approximate surface area is 124 Å². The van der Waals surface area contributed by atoms with Gasteiger partial charge in [0.05, 0.1) is 26.4 Å². The van der Waals surface area contributed by atoms with Gasteiger partial charge in [-0.25, -0.2) is 0 Å². The SMILES string of the molecule is CCOc1ccc2ccccc2c1OCC1COCCO1. The van der Waals surface area contributed by atoms with Crippen LogP contribution in [0.25, 0.3) is 10.8 Å². The van der Waals surface area contributed by atoms with E-state index in [2.05, 4.69) is 6.07 Å². The molecule has 112 valence electrons. The lowest BCUT2D eigenvalue weighted by Crippen LogP contribution is -2.33. The number of hydrogen-bond acceptors (Lipinski definition) is 4. The first kappa shape index (κ1) is 14.2. The minimum absolute atomic E-state index is 0.0211. The Bertz CT molecular complexity index is 590. The third-order valence-electron chi connectivity index (χ3n) is 3.44. The van der Waals surface area contributed by atoms with Gasteiger partial charge in [0.1, 0.15) is 12.7 Å². The van der Waals surface area contributed by atoms with E-state index < -0.39 is 0 Å². The van der Waals surface area contributed by atoms with Crippen molar-refractivity contribution in [1.29, 1.82) is 0 Å². The van der Waals surface area contributed by atoms with Crippen molar-refractivity contribution < 1.29 is 18.9 Å². The smallest absolute Gasteiger partial charge is 0.169 e. The van der Waals surface area contributed by atoms with E-state index in [0.717, 1.165) is 22.3 Å². The van der Waals surface area contributed by atoms with E-state index in [1.807, 2.05) is 37.3 Å². The summed E-state index contributed by atoms with van der Waals surface area (Å²) in [5, 5.41) is 2.19. The van der Waals surface area contributed by atoms with Crippen molar-refractivity contribution >= 4 is 10.8 Å². The maximum absolute atomic E-state index is 6.01. The Morgan fingerprint density at radius 1 is 1.10 bits per heavy atom. The Hall–Kier alpha value is -1.78. The summed E-state index contributed by atoms with van der Waals surface area (Å²) in [7, 11) is 0. The second kappa shape index (κ2) is 6.78. The zero-order valence-corrected chi connectivity index (χ0v) is 12.2. The summed E-state index contributed by atoms with van der Waals surface area (Å²) in [5.74, 6) is 1.55. The molecule has 1 fully saturated rings. The van der Waals surface area contributed by atoms with Crippen LogP contribution in [0.4, 0.5) is 0 Å². The predicted molar refractivity (Wildman–Crippen MR) is 81.2 cm³/mol. The van der Waals surface area contributed by atoms with Crippen LogP contribution in [0.3, 0.4) is 0 Å². The molecule has 2 aromatic rings. The molecule has 0 radical (unpaired) electrons. The minimum Gasteiger partial charge on any atom is -0.490 e. The molecule has 0 N–H and O–H groups in total. The maximum Gasteiger partial charge on any atom is 0.169 e. The molecule has 1 saturated heterocycles. The van der Waals surface area contributed by atoms with Gasteiger partial charge in [0, 0.05) is 5.39 Å². The Balaban J connectivity index is 1.84. The largest absolute Gasteiger partial charge is 0.490 e. The standard InChI is InChI=1S/C17H20O4/c1-2-19-16-8-7-13-5-3-4-6-15(13)17(16)21-12-14-11-18-9-10-20-14/h3-8,14H,2,9-12H2,1H3. The first-order valence-electron chi connectivity index (χ1n) is 7.35. The predicted octanol–water partition coefficient (Wildman–Crippen LogP) is 3.03. The summed E-state index contributed by atoms with van der Waals surface area (Å²) in [6, 6.07) is 12.1. The number of ether oxygens (including phenoxy) is 4. The summed E-state index contributed by atoms with van der Waals surface area (Å²) in [5.41, 5.74) is 0. The summed E-state index contributed by atoms with van der Waals surface area (Å²) >= 11 is 0. The summed E-state index contributed by atoms with van der Waals surface area (Å²) < 4.78 is 22.7. The average molecular weight is 288 g/mol. The fourth-order valence-corrected chi connectivity index (χ4v) is 2.45. The van der Waals surface area contributed by atoms with Gasteiger partial charge in [0.25, 0.3) is 0 Å². The quantitative estimate of drug-likeness (QED) is 0.847. The van der Waals surface area contributed by atoms with E-state index in [1.54, 1.807) is 0 Å². The van der Waals surface area contributed by atoms with E-state index in [0.29, 0.717) is 33.0 Å². The average Bonchev–Trinajstić information content (AvgIpc) is 2.55. The van der Waals surface area contributed by atoms with E-state index >= 15 is 0 Å². The molecular weight excluding hydrogens is 268 g/mol. The monoisotopic (exact) mass is 288 g/mol. The highest BCUT2D eigenvalue weighted by atomic mass is 16.6. The van der Waals surface area contributed by atoms with Crippen molar-refractivity contribution in [3.05, 3.63) is 36.4 Å². The van der Waals surface area contributed by atoms with Crippen LogP contribution < -0.4 is 9.47 Å². The van der Waals surface area contributed by atoms with Gasteiger partial charge in [-0.05, 0) is 18.4 Å². The van der Waals surface area contributed by atoms with Gasteiger partial charge in [-0.3, -0.25) is 0 Å². The van der Waals surface area contributed by atoms with Crippen LogP contribution in [0.2, 0.25) is 0 Å². The normalized spacial score (nSPS) is 18.6. The van der Waals surface area contributed by atoms with E-state index in [9.17, 15) is 0 Å². The summed E-state index contributed by atoms with van der Waals surface area (Å²) in [6.07, 6.45) is -0.0211. The molecule has 0 bridgehead atoms. The molecule has 2 aromatic carbocycles. The highest BCUT2D eigenvalue weighted by Gasteiger charge is 2.17. The topological polar surface area (TPSA) is 36.9 Å². The van der Waals surface area contributed by atoms with Gasteiger partial charge in [0.15, 0.2) is 11.5 Å². The highest BCUT2D eigenvalue weighted by molar-refractivity contribution is 5.90.